The molecule has 0 atom stereocenters. The Kier molecular flexibility index (Phi) is 4.95. The van der Waals surface area contributed by atoms with Crippen molar-refractivity contribution in [2.75, 3.05) is 18.0 Å². The average molecular weight is 306 g/mol. The van der Waals surface area contributed by atoms with Crippen molar-refractivity contribution in [3.63, 3.8) is 0 Å². The number of nitrogens with one attached hydrogen (secondary N) is 1. The maximum Gasteiger partial charge on any atom is 0.303 e. The molecule has 0 saturated carbocycles. The highest BCUT2D eigenvalue weighted by molar-refractivity contribution is 5.93. The molecule has 22 heavy (non-hydrogen) atoms. The lowest BCUT2D eigenvalue weighted by molar-refractivity contribution is -0.137. The predicted molar refractivity (Wildman–Crippen MR) is 81.9 cm³/mol. The van der Waals surface area contributed by atoms with Gasteiger partial charge in [-0.25, -0.2) is 9.97 Å². The lowest BCUT2D eigenvalue weighted by atomic mass is 9.98. The second-order valence-electron chi connectivity index (χ2n) is 6.17. The van der Waals surface area contributed by atoms with Gasteiger partial charge in [0, 0.05) is 31.2 Å². The number of aliphatic carboxylic acids is 1. The molecule has 7 nitrogen and oxygen atoms in total. The Labute approximate surface area is 129 Å². The van der Waals surface area contributed by atoms with Crippen LogP contribution in [0.2, 0.25) is 0 Å². The van der Waals surface area contributed by atoms with Crippen molar-refractivity contribution in [3.05, 3.63) is 18.0 Å². The van der Waals surface area contributed by atoms with Gasteiger partial charge in [-0.1, -0.05) is 0 Å². The fourth-order valence-electron chi connectivity index (χ4n) is 2.40. The highest BCUT2D eigenvalue weighted by atomic mass is 16.4. The molecule has 1 fully saturated rings. The number of hydrogen-bond acceptors (Lipinski definition) is 5. The first kappa shape index (κ1) is 16.2. The molecule has 1 aromatic heterocycles. The first-order valence-electron chi connectivity index (χ1n) is 7.50. The Balaban J connectivity index is 2.02. The standard InChI is InChI=1S/C15H22N4O3/c1-15(2,7-5-12(20)21)18-13(22)11-6-8-16-14(17-11)19-9-3-4-10-19/h6,8H,3-5,7,9-10H2,1-2H3,(H,18,22)(H,20,21). The molecule has 0 aromatic carbocycles. The number of hydrogen-bond donors (Lipinski definition) is 2. The van der Waals surface area contributed by atoms with Gasteiger partial charge in [0.2, 0.25) is 5.95 Å². The summed E-state index contributed by atoms with van der Waals surface area (Å²) in [7, 11) is 0. The number of carboxylic acid groups (broad SMARTS) is 1. The number of rotatable bonds is 6. The Morgan fingerprint density at radius 1 is 1.36 bits per heavy atom. The number of carbonyl (C=O) groups is 2. The van der Waals surface area contributed by atoms with Gasteiger partial charge in [0.05, 0.1) is 0 Å². The van der Waals surface area contributed by atoms with Crippen molar-refractivity contribution in [1.29, 1.82) is 0 Å². The molecule has 1 saturated heterocycles. The molecule has 2 N–H and O–H groups in total. The minimum absolute atomic E-state index is 0.0100. The quantitative estimate of drug-likeness (QED) is 0.826. The van der Waals surface area contributed by atoms with Crippen molar-refractivity contribution in [3.8, 4) is 0 Å². The summed E-state index contributed by atoms with van der Waals surface area (Å²) in [4.78, 5) is 33.6. The fourth-order valence-corrected chi connectivity index (χ4v) is 2.40. The first-order chi connectivity index (χ1) is 10.4. The van der Waals surface area contributed by atoms with Gasteiger partial charge >= 0.3 is 5.97 Å². The summed E-state index contributed by atoms with van der Waals surface area (Å²) in [5.74, 6) is -0.604. The van der Waals surface area contributed by atoms with Crippen LogP contribution in [0.1, 0.15) is 50.0 Å². The molecule has 0 radical (unpaired) electrons. The van der Waals surface area contributed by atoms with Crippen molar-refractivity contribution < 1.29 is 14.7 Å². The number of amides is 1. The fraction of sp³-hybridized carbons (Fsp3) is 0.600. The Bertz CT molecular complexity index is 553. The van der Waals surface area contributed by atoms with Crippen molar-refractivity contribution >= 4 is 17.8 Å². The van der Waals surface area contributed by atoms with Gasteiger partial charge in [-0.3, -0.25) is 9.59 Å². The van der Waals surface area contributed by atoms with Crippen LogP contribution in [0.3, 0.4) is 0 Å². The molecule has 2 heterocycles. The van der Waals surface area contributed by atoms with Crippen molar-refractivity contribution in [2.24, 2.45) is 0 Å². The second kappa shape index (κ2) is 6.72. The average Bonchev–Trinajstić information content (AvgIpc) is 2.99. The largest absolute Gasteiger partial charge is 0.481 e. The Morgan fingerprint density at radius 2 is 2.05 bits per heavy atom. The molecule has 1 aliphatic rings. The Morgan fingerprint density at radius 3 is 2.68 bits per heavy atom. The van der Waals surface area contributed by atoms with E-state index in [2.05, 4.69) is 20.2 Å². The van der Waals surface area contributed by atoms with Crippen molar-refractivity contribution in [1.82, 2.24) is 15.3 Å². The lowest BCUT2D eigenvalue weighted by Gasteiger charge is -2.25. The number of carbonyl (C=O) groups excluding carboxylic acids is 1. The van der Waals surface area contributed by atoms with E-state index in [-0.39, 0.29) is 12.3 Å². The van der Waals surface area contributed by atoms with Gasteiger partial charge in [-0.15, -0.1) is 0 Å². The first-order valence-corrected chi connectivity index (χ1v) is 7.50. The van der Waals surface area contributed by atoms with E-state index in [9.17, 15) is 9.59 Å². The normalized spacial score (nSPS) is 14.9. The highest BCUT2D eigenvalue weighted by Gasteiger charge is 2.24. The zero-order valence-corrected chi connectivity index (χ0v) is 13.0. The molecule has 7 heteroatoms. The van der Waals surface area contributed by atoms with Crippen LogP contribution in [0.5, 0.6) is 0 Å². The molecule has 0 bridgehead atoms. The van der Waals surface area contributed by atoms with Gasteiger partial charge in [0.1, 0.15) is 5.69 Å². The van der Waals surface area contributed by atoms with Crippen LogP contribution in [0.15, 0.2) is 12.3 Å². The molecule has 0 spiro atoms. The van der Waals surface area contributed by atoms with Gasteiger partial charge < -0.3 is 15.3 Å². The third-order valence-electron chi connectivity index (χ3n) is 3.68. The summed E-state index contributed by atoms with van der Waals surface area (Å²) in [6.07, 6.45) is 4.18. The minimum Gasteiger partial charge on any atom is -0.481 e. The molecule has 2 rings (SSSR count). The third-order valence-corrected chi connectivity index (χ3v) is 3.68. The van der Waals surface area contributed by atoms with E-state index in [1.165, 1.54) is 0 Å². The molecule has 1 aromatic rings. The Hall–Kier alpha value is -2.18. The summed E-state index contributed by atoms with van der Waals surface area (Å²) < 4.78 is 0. The zero-order valence-electron chi connectivity index (χ0n) is 13.0. The number of anilines is 1. The maximum absolute atomic E-state index is 12.3. The van der Waals surface area contributed by atoms with Gasteiger partial charge in [-0.2, -0.15) is 0 Å². The minimum atomic E-state index is -0.874. The van der Waals surface area contributed by atoms with Crippen molar-refractivity contribution in [2.45, 2.75) is 45.1 Å². The molecule has 0 unspecified atom stereocenters. The smallest absolute Gasteiger partial charge is 0.303 e. The summed E-state index contributed by atoms with van der Waals surface area (Å²) in [5.41, 5.74) is -0.297. The summed E-state index contributed by atoms with van der Waals surface area (Å²) >= 11 is 0. The summed E-state index contributed by atoms with van der Waals surface area (Å²) in [6, 6.07) is 1.57. The van der Waals surface area contributed by atoms with Crippen LogP contribution >= 0.6 is 0 Å². The number of nitrogens with zero attached hydrogens (tertiary/aromatic N) is 3. The molecule has 0 aliphatic carbocycles. The van der Waals surface area contributed by atoms with Gasteiger partial charge in [-0.05, 0) is 39.2 Å². The number of carboxylic acids is 1. The topological polar surface area (TPSA) is 95.4 Å². The van der Waals surface area contributed by atoms with Crippen LogP contribution in [-0.2, 0) is 4.79 Å². The highest BCUT2D eigenvalue weighted by Crippen LogP contribution is 2.16. The SMILES string of the molecule is CC(C)(CCC(=O)O)NC(=O)c1ccnc(N2CCCC2)n1. The van der Waals surface area contributed by atoms with Gasteiger partial charge in [0.25, 0.3) is 5.91 Å². The second-order valence-corrected chi connectivity index (χ2v) is 6.17. The molecule has 1 amide bonds. The summed E-state index contributed by atoms with van der Waals surface area (Å²) in [5, 5.41) is 11.6. The molecular formula is C15H22N4O3. The molecule has 120 valence electrons. The van der Waals surface area contributed by atoms with E-state index in [1.807, 2.05) is 0 Å². The molecule has 1 aliphatic heterocycles. The van der Waals surface area contributed by atoms with Crippen LogP contribution in [0, 0.1) is 0 Å². The maximum atomic E-state index is 12.3. The molecular weight excluding hydrogens is 284 g/mol. The van der Waals surface area contributed by atoms with E-state index in [0.717, 1.165) is 25.9 Å². The van der Waals surface area contributed by atoms with Crippen LogP contribution in [-0.4, -0.2) is 45.6 Å². The van der Waals surface area contributed by atoms with Crippen LogP contribution in [0.4, 0.5) is 5.95 Å². The predicted octanol–water partition coefficient (Wildman–Crippen LogP) is 1.45. The van der Waals surface area contributed by atoms with Crippen LogP contribution in [0.25, 0.3) is 0 Å². The van der Waals surface area contributed by atoms with E-state index in [0.29, 0.717) is 18.1 Å². The monoisotopic (exact) mass is 306 g/mol. The lowest BCUT2D eigenvalue weighted by Crippen LogP contribution is -2.44. The zero-order chi connectivity index (χ0) is 16.2. The van der Waals surface area contributed by atoms with E-state index >= 15 is 0 Å². The summed E-state index contributed by atoms with van der Waals surface area (Å²) in [6.45, 7) is 5.43. The van der Waals surface area contributed by atoms with Crippen LogP contribution < -0.4 is 10.2 Å². The van der Waals surface area contributed by atoms with E-state index in [4.69, 9.17) is 5.11 Å². The third kappa shape index (κ3) is 4.41. The van der Waals surface area contributed by atoms with E-state index < -0.39 is 11.5 Å². The number of aromatic nitrogens is 2. The van der Waals surface area contributed by atoms with E-state index in [1.54, 1.807) is 26.1 Å². The van der Waals surface area contributed by atoms with Gasteiger partial charge in [0.15, 0.2) is 0 Å².